The van der Waals surface area contributed by atoms with Gasteiger partial charge in [-0.15, -0.1) is 0 Å². The molecule has 96 valence electrons. The standard InChI is InChI=1S/C12H22N4O/c1-9-8-17-7-6-16(9)12-11(4-5-13)10(2)14-15(12)3/h9H,4-8,13H2,1-3H3. The summed E-state index contributed by atoms with van der Waals surface area (Å²) >= 11 is 0. The van der Waals surface area contributed by atoms with Gasteiger partial charge in [-0.05, 0) is 26.8 Å². The minimum atomic E-state index is 0.398. The van der Waals surface area contributed by atoms with Crippen LogP contribution in [0, 0.1) is 6.92 Å². The third kappa shape index (κ3) is 2.30. The molecule has 1 saturated heterocycles. The molecule has 5 nitrogen and oxygen atoms in total. The summed E-state index contributed by atoms with van der Waals surface area (Å²) in [6.07, 6.45) is 0.888. The van der Waals surface area contributed by atoms with Crippen LogP contribution in [0.1, 0.15) is 18.2 Å². The first-order valence-corrected chi connectivity index (χ1v) is 6.22. The van der Waals surface area contributed by atoms with E-state index in [1.807, 2.05) is 11.7 Å². The maximum Gasteiger partial charge on any atom is 0.130 e. The van der Waals surface area contributed by atoms with Gasteiger partial charge in [-0.3, -0.25) is 4.68 Å². The van der Waals surface area contributed by atoms with Gasteiger partial charge < -0.3 is 15.4 Å². The number of anilines is 1. The maximum atomic E-state index is 5.69. The van der Waals surface area contributed by atoms with E-state index in [0.717, 1.165) is 31.9 Å². The van der Waals surface area contributed by atoms with Gasteiger partial charge in [0.05, 0.1) is 24.9 Å². The number of hydrogen-bond acceptors (Lipinski definition) is 4. The Morgan fingerprint density at radius 2 is 2.29 bits per heavy atom. The molecule has 1 aromatic heterocycles. The predicted molar refractivity (Wildman–Crippen MR) is 68.3 cm³/mol. The molecular formula is C12H22N4O. The predicted octanol–water partition coefficient (Wildman–Crippen LogP) is 0.455. The summed E-state index contributed by atoms with van der Waals surface area (Å²) in [5, 5.41) is 4.52. The number of morpholine rings is 1. The Hall–Kier alpha value is -1.07. The lowest BCUT2D eigenvalue weighted by Crippen LogP contribution is -2.45. The summed E-state index contributed by atoms with van der Waals surface area (Å²) in [6, 6.07) is 0.398. The number of rotatable bonds is 3. The number of ether oxygens (including phenoxy) is 1. The van der Waals surface area contributed by atoms with Crippen molar-refractivity contribution in [3.8, 4) is 0 Å². The molecule has 2 rings (SSSR count). The highest BCUT2D eigenvalue weighted by atomic mass is 16.5. The topological polar surface area (TPSA) is 56.3 Å². The normalized spacial score (nSPS) is 20.9. The fraction of sp³-hybridized carbons (Fsp3) is 0.750. The van der Waals surface area contributed by atoms with E-state index in [1.165, 1.54) is 11.4 Å². The van der Waals surface area contributed by atoms with Crippen molar-refractivity contribution < 1.29 is 4.74 Å². The second-order valence-electron chi connectivity index (χ2n) is 4.67. The molecule has 0 amide bonds. The molecule has 2 heterocycles. The molecule has 0 spiro atoms. The van der Waals surface area contributed by atoms with Crippen LogP contribution in [0.4, 0.5) is 5.82 Å². The molecule has 1 aliphatic rings. The van der Waals surface area contributed by atoms with Crippen molar-refractivity contribution in [2.45, 2.75) is 26.3 Å². The Kier molecular flexibility index (Phi) is 3.69. The van der Waals surface area contributed by atoms with Gasteiger partial charge >= 0.3 is 0 Å². The van der Waals surface area contributed by atoms with Gasteiger partial charge in [0, 0.05) is 19.2 Å². The lowest BCUT2D eigenvalue weighted by molar-refractivity contribution is 0.0980. The minimum Gasteiger partial charge on any atom is -0.377 e. The quantitative estimate of drug-likeness (QED) is 0.831. The molecule has 1 aromatic rings. The second kappa shape index (κ2) is 5.06. The smallest absolute Gasteiger partial charge is 0.130 e. The zero-order valence-electron chi connectivity index (χ0n) is 10.9. The van der Waals surface area contributed by atoms with Gasteiger partial charge in [0.1, 0.15) is 5.82 Å². The zero-order valence-corrected chi connectivity index (χ0v) is 10.9. The van der Waals surface area contributed by atoms with Crippen LogP contribution in [0.5, 0.6) is 0 Å². The SMILES string of the molecule is Cc1nn(C)c(N2CCOCC2C)c1CCN. The van der Waals surface area contributed by atoms with Crippen molar-refractivity contribution in [3.05, 3.63) is 11.3 Å². The first kappa shape index (κ1) is 12.4. The van der Waals surface area contributed by atoms with Crippen LogP contribution in [0.25, 0.3) is 0 Å². The third-order valence-electron chi connectivity index (χ3n) is 3.35. The molecule has 0 bridgehead atoms. The molecule has 1 fully saturated rings. The van der Waals surface area contributed by atoms with Crippen molar-refractivity contribution in [1.82, 2.24) is 9.78 Å². The average molecular weight is 238 g/mol. The molecule has 2 N–H and O–H groups in total. The van der Waals surface area contributed by atoms with Crippen LogP contribution < -0.4 is 10.6 Å². The van der Waals surface area contributed by atoms with E-state index in [9.17, 15) is 0 Å². The van der Waals surface area contributed by atoms with E-state index < -0.39 is 0 Å². The van der Waals surface area contributed by atoms with E-state index in [2.05, 4.69) is 23.8 Å². The fourth-order valence-corrected chi connectivity index (χ4v) is 2.53. The van der Waals surface area contributed by atoms with Gasteiger partial charge in [-0.1, -0.05) is 0 Å². The molecule has 1 aliphatic heterocycles. The molecule has 0 saturated carbocycles. The molecular weight excluding hydrogens is 216 g/mol. The van der Waals surface area contributed by atoms with Gasteiger partial charge in [-0.2, -0.15) is 5.10 Å². The highest BCUT2D eigenvalue weighted by molar-refractivity contribution is 5.51. The van der Waals surface area contributed by atoms with Gasteiger partial charge in [0.15, 0.2) is 0 Å². The number of aryl methyl sites for hydroxylation is 2. The van der Waals surface area contributed by atoms with Crippen LogP contribution in [0.3, 0.4) is 0 Å². The Morgan fingerprint density at radius 1 is 1.53 bits per heavy atom. The zero-order chi connectivity index (χ0) is 12.4. The van der Waals surface area contributed by atoms with E-state index in [-0.39, 0.29) is 0 Å². The first-order chi connectivity index (χ1) is 8.15. The highest BCUT2D eigenvalue weighted by Crippen LogP contribution is 2.26. The third-order valence-corrected chi connectivity index (χ3v) is 3.35. The summed E-state index contributed by atoms with van der Waals surface area (Å²) in [5.74, 6) is 1.21. The van der Waals surface area contributed by atoms with Gasteiger partial charge in [0.25, 0.3) is 0 Å². The van der Waals surface area contributed by atoms with Crippen LogP contribution in [-0.2, 0) is 18.2 Å². The number of nitrogens with two attached hydrogens (primary N) is 1. The lowest BCUT2D eigenvalue weighted by Gasteiger charge is -2.35. The van der Waals surface area contributed by atoms with Crippen molar-refractivity contribution in [2.75, 3.05) is 31.2 Å². The van der Waals surface area contributed by atoms with Gasteiger partial charge in [0.2, 0.25) is 0 Å². The summed E-state index contributed by atoms with van der Waals surface area (Å²) in [5.41, 5.74) is 8.06. The van der Waals surface area contributed by atoms with Gasteiger partial charge in [-0.25, -0.2) is 0 Å². The number of hydrogen-bond donors (Lipinski definition) is 1. The largest absolute Gasteiger partial charge is 0.377 e. The Bertz CT molecular complexity index is 388. The minimum absolute atomic E-state index is 0.398. The first-order valence-electron chi connectivity index (χ1n) is 6.22. The fourth-order valence-electron chi connectivity index (χ4n) is 2.53. The molecule has 1 unspecified atom stereocenters. The Balaban J connectivity index is 2.35. The highest BCUT2D eigenvalue weighted by Gasteiger charge is 2.25. The maximum absolute atomic E-state index is 5.69. The van der Waals surface area contributed by atoms with Crippen molar-refractivity contribution in [2.24, 2.45) is 12.8 Å². The molecule has 0 radical (unpaired) electrons. The van der Waals surface area contributed by atoms with Crippen LogP contribution in [0.15, 0.2) is 0 Å². The van der Waals surface area contributed by atoms with Crippen molar-refractivity contribution in [1.29, 1.82) is 0 Å². The molecule has 17 heavy (non-hydrogen) atoms. The summed E-state index contributed by atoms with van der Waals surface area (Å²) < 4.78 is 7.46. The van der Waals surface area contributed by atoms with Crippen molar-refractivity contribution >= 4 is 5.82 Å². The van der Waals surface area contributed by atoms with E-state index in [1.54, 1.807) is 0 Å². The van der Waals surface area contributed by atoms with E-state index >= 15 is 0 Å². The summed E-state index contributed by atoms with van der Waals surface area (Å²) in [4.78, 5) is 2.38. The summed E-state index contributed by atoms with van der Waals surface area (Å²) in [7, 11) is 2.00. The van der Waals surface area contributed by atoms with E-state index in [4.69, 9.17) is 10.5 Å². The Labute approximate surface area is 103 Å². The van der Waals surface area contributed by atoms with E-state index in [0.29, 0.717) is 12.6 Å². The molecule has 0 aliphatic carbocycles. The lowest BCUT2D eigenvalue weighted by atomic mass is 10.1. The number of aromatic nitrogens is 2. The van der Waals surface area contributed by atoms with Crippen molar-refractivity contribution in [3.63, 3.8) is 0 Å². The number of nitrogens with zero attached hydrogens (tertiary/aromatic N) is 3. The second-order valence-corrected chi connectivity index (χ2v) is 4.67. The molecule has 1 atom stereocenters. The Morgan fingerprint density at radius 3 is 2.94 bits per heavy atom. The average Bonchev–Trinajstić information content (AvgIpc) is 2.56. The molecule has 0 aromatic carbocycles. The van der Waals surface area contributed by atoms with Crippen LogP contribution in [-0.4, -0.2) is 42.1 Å². The monoisotopic (exact) mass is 238 g/mol. The van der Waals surface area contributed by atoms with Crippen LogP contribution >= 0.6 is 0 Å². The molecule has 5 heteroatoms. The summed E-state index contributed by atoms with van der Waals surface area (Å²) in [6.45, 7) is 7.41. The van der Waals surface area contributed by atoms with Crippen LogP contribution in [0.2, 0.25) is 0 Å².